The zero-order chi connectivity index (χ0) is 16.3. The van der Waals surface area contributed by atoms with Crippen molar-refractivity contribution in [3.63, 3.8) is 0 Å². The molecule has 1 aromatic carbocycles. The normalized spacial score (nSPS) is 13.0. The molecule has 0 aliphatic carbocycles. The summed E-state index contributed by atoms with van der Waals surface area (Å²) >= 11 is 0. The number of nitrogens with zero attached hydrogens (tertiary/aromatic N) is 1. The summed E-state index contributed by atoms with van der Waals surface area (Å²) in [5.41, 5.74) is 1.04. The lowest BCUT2D eigenvalue weighted by atomic mass is 10.2. The van der Waals surface area contributed by atoms with Crippen LogP contribution < -0.4 is 4.72 Å². The largest absolute Gasteiger partial charge is 0.464 e. The van der Waals surface area contributed by atoms with Crippen molar-refractivity contribution in [1.82, 2.24) is 10.2 Å². The first-order valence-electron chi connectivity index (χ1n) is 6.46. The van der Waals surface area contributed by atoms with Crippen molar-refractivity contribution in [2.24, 2.45) is 0 Å². The molecule has 2 rings (SSSR count). The van der Waals surface area contributed by atoms with Gasteiger partial charge in [-0.25, -0.2) is 13.2 Å². The molecule has 9 heteroatoms. The number of carbonyl (C=O) groups excluding carboxylic acids is 1. The zero-order valence-electron chi connectivity index (χ0n) is 12.4. The Morgan fingerprint density at radius 3 is 2.77 bits per heavy atom. The third-order valence-corrected chi connectivity index (χ3v) is 4.53. The van der Waals surface area contributed by atoms with Crippen LogP contribution in [0.25, 0.3) is 10.9 Å². The molecule has 0 spiro atoms. The Hall–Kier alpha value is -2.13. The Bertz CT molecular complexity index is 784. The van der Waals surface area contributed by atoms with Gasteiger partial charge in [-0.2, -0.15) is 5.10 Å². The minimum Gasteiger partial charge on any atom is -0.464 e. The number of fused-ring (bicyclic) bond motifs is 1. The van der Waals surface area contributed by atoms with Gasteiger partial charge in [0.15, 0.2) is 5.69 Å². The number of aromatic nitrogens is 2. The Morgan fingerprint density at radius 2 is 2.14 bits per heavy atom. The molecule has 1 heterocycles. The third-order valence-electron chi connectivity index (χ3n) is 3.07. The summed E-state index contributed by atoms with van der Waals surface area (Å²) in [6, 6.07) is 4.74. The van der Waals surface area contributed by atoms with E-state index >= 15 is 0 Å². The SMILES string of the molecule is COC(=O)c1n[nH]c2ccc(NS(=O)(=O)C[C@H](C)OC)cc12. The number of benzene rings is 1. The molecular formula is C13H17N3O5S. The van der Waals surface area contributed by atoms with Crippen molar-refractivity contribution in [2.75, 3.05) is 24.7 Å². The van der Waals surface area contributed by atoms with Gasteiger partial charge in [0.05, 0.1) is 24.5 Å². The molecule has 8 nitrogen and oxygen atoms in total. The van der Waals surface area contributed by atoms with Crippen molar-refractivity contribution < 1.29 is 22.7 Å². The third kappa shape index (κ3) is 3.55. The van der Waals surface area contributed by atoms with E-state index in [4.69, 9.17) is 4.74 Å². The van der Waals surface area contributed by atoms with Crippen LogP contribution in [0, 0.1) is 0 Å². The van der Waals surface area contributed by atoms with E-state index in [1.807, 2.05) is 0 Å². The molecule has 2 aromatic rings. The first kappa shape index (κ1) is 16.2. The molecule has 2 N–H and O–H groups in total. The molecule has 0 fully saturated rings. The maximum atomic E-state index is 12.0. The van der Waals surface area contributed by atoms with Crippen LogP contribution in [0.1, 0.15) is 17.4 Å². The van der Waals surface area contributed by atoms with E-state index in [1.165, 1.54) is 20.3 Å². The van der Waals surface area contributed by atoms with Crippen LogP contribution in [0.2, 0.25) is 0 Å². The smallest absolute Gasteiger partial charge is 0.359 e. The highest BCUT2D eigenvalue weighted by Crippen LogP contribution is 2.22. The Labute approximate surface area is 127 Å². The maximum Gasteiger partial charge on any atom is 0.359 e. The lowest BCUT2D eigenvalue weighted by molar-refractivity contribution is 0.0596. The van der Waals surface area contributed by atoms with Crippen LogP contribution in [-0.4, -0.2) is 50.7 Å². The monoisotopic (exact) mass is 327 g/mol. The topological polar surface area (TPSA) is 110 Å². The van der Waals surface area contributed by atoms with Gasteiger partial charge in [0.1, 0.15) is 0 Å². The number of rotatable bonds is 6. The number of H-pyrrole nitrogens is 1. The van der Waals surface area contributed by atoms with E-state index in [-0.39, 0.29) is 11.4 Å². The first-order chi connectivity index (χ1) is 10.4. The molecule has 1 aromatic heterocycles. The number of sulfonamides is 1. The zero-order valence-corrected chi connectivity index (χ0v) is 13.2. The summed E-state index contributed by atoms with van der Waals surface area (Å²) < 4.78 is 36.1. The molecule has 0 saturated heterocycles. The highest BCUT2D eigenvalue weighted by atomic mass is 32.2. The molecule has 120 valence electrons. The highest BCUT2D eigenvalue weighted by Gasteiger charge is 2.18. The van der Waals surface area contributed by atoms with Gasteiger partial charge < -0.3 is 9.47 Å². The van der Waals surface area contributed by atoms with Crippen molar-refractivity contribution in [3.8, 4) is 0 Å². The molecule has 0 unspecified atom stereocenters. The molecule has 1 atom stereocenters. The van der Waals surface area contributed by atoms with E-state index in [0.717, 1.165) is 0 Å². The number of aromatic amines is 1. The van der Waals surface area contributed by atoms with Gasteiger partial charge in [0, 0.05) is 18.2 Å². The first-order valence-corrected chi connectivity index (χ1v) is 8.11. The van der Waals surface area contributed by atoms with Crippen LogP contribution >= 0.6 is 0 Å². The summed E-state index contributed by atoms with van der Waals surface area (Å²) in [7, 11) is -0.862. The average molecular weight is 327 g/mol. The van der Waals surface area contributed by atoms with E-state index in [0.29, 0.717) is 16.6 Å². The predicted octanol–water partition coefficient (Wildman–Crippen LogP) is 1.13. The van der Waals surface area contributed by atoms with Crippen molar-refractivity contribution in [1.29, 1.82) is 0 Å². The van der Waals surface area contributed by atoms with Gasteiger partial charge in [0.25, 0.3) is 0 Å². The predicted molar refractivity (Wildman–Crippen MR) is 81.3 cm³/mol. The standard InChI is InChI=1S/C13H17N3O5S/c1-8(20-2)7-22(18,19)16-9-4-5-11-10(6-9)12(15-14-11)13(17)21-3/h4-6,8,16H,7H2,1-3H3,(H,14,15)/t8-/m0/s1. The van der Waals surface area contributed by atoms with Crippen LogP contribution in [-0.2, 0) is 19.5 Å². The van der Waals surface area contributed by atoms with E-state index in [2.05, 4.69) is 19.7 Å². The maximum absolute atomic E-state index is 12.0. The van der Waals surface area contributed by atoms with Gasteiger partial charge in [-0.3, -0.25) is 9.82 Å². The number of ether oxygens (including phenoxy) is 2. The number of methoxy groups -OCH3 is 2. The molecule has 0 bridgehead atoms. The van der Waals surface area contributed by atoms with Crippen molar-refractivity contribution in [2.45, 2.75) is 13.0 Å². The van der Waals surface area contributed by atoms with E-state index in [9.17, 15) is 13.2 Å². The summed E-state index contributed by atoms with van der Waals surface area (Å²) in [6.45, 7) is 1.66. The number of anilines is 1. The molecule has 22 heavy (non-hydrogen) atoms. The molecule has 0 aliphatic heterocycles. The number of carbonyl (C=O) groups is 1. The lowest BCUT2D eigenvalue weighted by Gasteiger charge is -2.12. The van der Waals surface area contributed by atoms with E-state index in [1.54, 1.807) is 19.1 Å². The number of nitrogens with one attached hydrogen (secondary N) is 2. The minimum atomic E-state index is -3.56. The van der Waals surface area contributed by atoms with Crippen LogP contribution in [0.4, 0.5) is 5.69 Å². The number of esters is 1. The van der Waals surface area contributed by atoms with Crippen LogP contribution in [0.5, 0.6) is 0 Å². The van der Waals surface area contributed by atoms with Crippen LogP contribution in [0.3, 0.4) is 0 Å². The van der Waals surface area contributed by atoms with Gasteiger partial charge in [-0.1, -0.05) is 0 Å². The summed E-state index contributed by atoms with van der Waals surface area (Å²) in [5, 5.41) is 7.03. The van der Waals surface area contributed by atoms with Crippen molar-refractivity contribution in [3.05, 3.63) is 23.9 Å². The van der Waals surface area contributed by atoms with Crippen LogP contribution in [0.15, 0.2) is 18.2 Å². The second-order valence-electron chi connectivity index (χ2n) is 4.75. The Kier molecular flexibility index (Phi) is 4.67. The van der Waals surface area contributed by atoms with E-state index < -0.39 is 22.1 Å². The Morgan fingerprint density at radius 1 is 1.41 bits per heavy atom. The molecule has 0 aliphatic rings. The summed E-state index contributed by atoms with van der Waals surface area (Å²) in [4.78, 5) is 11.6. The second-order valence-corrected chi connectivity index (χ2v) is 6.52. The fourth-order valence-corrected chi connectivity index (χ4v) is 3.25. The number of hydrogen-bond donors (Lipinski definition) is 2. The van der Waals surface area contributed by atoms with Gasteiger partial charge in [-0.15, -0.1) is 0 Å². The molecule has 0 saturated carbocycles. The van der Waals surface area contributed by atoms with Crippen molar-refractivity contribution >= 4 is 32.6 Å². The minimum absolute atomic E-state index is 0.101. The fraction of sp³-hybridized carbons (Fsp3) is 0.385. The van der Waals surface area contributed by atoms with Gasteiger partial charge >= 0.3 is 5.97 Å². The molecular weight excluding hydrogens is 310 g/mol. The Balaban J connectivity index is 2.31. The highest BCUT2D eigenvalue weighted by molar-refractivity contribution is 7.92. The average Bonchev–Trinajstić information content (AvgIpc) is 2.88. The van der Waals surface area contributed by atoms with Gasteiger partial charge in [0.2, 0.25) is 10.0 Å². The summed E-state index contributed by atoms with van der Waals surface area (Å²) in [5.74, 6) is -0.768. The lowest BCUT2D eigenvalue weighted by Crippen LogP contribution is -2.25. The summed E-state index contributed by atoms with van der Waals surface area (Å²) in [6.07, 6.45) is -0.430. The fourth-order valence-electron chi connectivity index (χ4n) is 1.93. The molecule has 0 radical (unpaired) electrons. The molecule has 0 amide bonds. The quantitative estimate of drug-likeness (QED) is 0.769. The number of hydrogen-bond acceptors (Lipinski definition) is 6. The van der Waals surface area contributed by atoms with Gasteiger partial charge in [-0.05, 0) is 25.1 Å². The second kappa shape index (κ2) is 6.32.